The fraction of sp³-hybridized carbons (Fsp3) is 0.579. The van der Waals surface area contributed by atoms with Crippen molar-refractivity contribution in [2.75, 3.05) is 31.1 Å². The Hall–Kier alpha value is -2.35. The van der Waals surface area contributed by atoms with Crippen molar-refractivity contribution in [1.82, 2.24) is 4.90 Å². The lowest BCUT2D eigenvalue weighted by molar-refractivity contribution is -0.384. The Kier molecular flexibility index (Phi) is 6.07. The lowest BCUT2D eigenvalue weighted by Gasteiger charge is -2.38. The van der Waals surface area contributed by atoms with E-state index in [2.05, 4.69) is 4.90 Å². The zero-order valence-electron chi connectivity index (χ0n) is 15.9. The van der Waals surface area contributed by atoms with Gasteiger partial charge in [-0.1, -0.05) is 11.6 Å². The molecular formula is C19H25ClN4O4. The number of non-ortho nitro benzene ring substituents is 1. The minimum atomic E-state index is -0.449. The van der Waals surface area contributed by atoms with Crippen molar-refractivity contribution in [3.63, 3.8) is 0 Å². The number of rotatable bonds is 4. The number of carbonyl (C=O) groups excluding carboxylic acids is 2. The van der Waals surface area contributed by atoms with Gasteiger partial charge in [0.25, 0.3) is 5.69 Å². The summed E-state index contributed by atoms with van der Waals surface area (Å²) in [6.45, 7) is 4.33. The van der Waals surface area contributed by atoms with Gasteiger partial charge < -0.3 is 15.5 Å². The quantitative estimate of drug-likeness (QED) is 0.608. The van der Waals surface area contributed by atoms with E-state index < -0.39 is 4.92 Å². The summed E-state index contributed by atoms with van der Waals surface area (Å²) < 4.78 is 0. The molecule has 1 aromatic rings. The molecule has 152 valence electrons. The van der Waals surface area contributed by atoms with Crippen LogP contribution in [0.4, 0.5) is 11.4 Å². The maximum atomic E-state index is 12.8. The van der Waals surface area contributed by atoms with Gasteiger partial charge in [0, 0.05) is 50.1 Å². The van der Waals surface area contributed by atoms with E-state index in [1.165, 1.54) is 12.1 Å². The summed E-state index contributed by atoms with van der Waals surface area (Å²) in [5, 5.41) is 11.4. The second-order valence-corrected chi connectivity index (χ2v) is 8.02. The molecule has 2 amide bonds. The van der Waals surface area contributed by atoms with Crippen molar-refractivity contribution in [2.24, 2.45) is 17.6 Å². The van der Waals surface area contributed by atoms with Crippen LogP contribution in [0.5, 0.6) is 0 Å². The number of aryl methyl sites for hydroxylation is 1. The number of amides is 2. The molecule has 2 fully saturated rings. The molecule has 0 aliphatic carbocycles. The molecule has 0 unspecified atom stereocenters. The molecule has 9 heteroatoms. The van der Waals surface area contributed by atoms with E-state index >= 15 is 0 Å². The molecule has 0 radical (unpaired) electrons. The van der Waals surface area contributed by atoms with E-state index in [9.17, 15) is 19.7 Å². The monoisotopic (exact) mass is 408 g/mol. The Morgan fingerprint density at radius 2 is 1.68 bits per heavy atom. The number of nitro benzene ring substituents is 1. The Balaban J connectivity index is 1.60. The van der Waals surface area contributed by atoms with E-state index in [4.69, 9.17) is 17.3 Å². The van der Waals surface area contributed by atoms with Crippen molar-refractivity contribution in [2.45, 2.75) is 32.6 Å². The molecule has 0 atom stereocenters. The van der Waals surface area contributed by atoms with Gasteiger partial charge in [0.2, 0.25) is 11.8 Å². The maximum absolute atomic E-state index is 12.8. The number of hydrogen-bond donors (Lipinski definition) is 1. The first-order valence-electron chi connectivity index (χ1n) is 9.55. The first kappa shape index (κ1) is 20.4. The van der Waals surface area contributed by atoms with Crippen molar-refractivity contribution in [3.05, 3.63) is 32.8 Å². The molecule has 8 nitrogen and oxygen atoms in total. The first-order valence-corrected chi connectivity index (χ1v) is 9.93. The first-order chi connectivity index (χ1) is 13.3. The Bertz CT molecular complexity index is 761. The standard InChI is InChI=1S/C19H25ClN4O4/c1-12-10-15(24(27)28)11-16(20)17(12)22-6-4-14(5-7-22)19(26)23-8-2-13(3-9-23)18(21)25/h10-11,13-14H,2-9H2,1H3,(H2,21,25). The lowest BCUT2D eigenvalue weighted by Crippen LogP contribution is -2.47. The van der Waals surface area contributed by atoms with Crippen LogP contribution in [0.25, 0.3) is 0 Å². The smallest absolute Gasteiger partial charge is 0.271 e. The van der Waals surface area contributed by atoms with Crippen LogP contribution < -0.4 is 10.6 Å². The molecule has 2 aliphatic heterocycles. The van der Waals surface area contributed by atoms with Crippen LogP contribution >= 0.6 is 11.6 Å². The number of carbonyl (C=O) groups is 2. The number of primary amides is 1. The molecular weight excluding hydrogens is 384 g/mol. The molecule has 0 aromatic heterocycles. The second-order valence-electron chi connectivity index (χ2n) is 7.61. The van der Waals surface area contributed by atoms with Crippen LogP contribution in [-0.2, 0) is 9.59 Å². The highest BCUT2D eigenvalue weighted by Crippen LogP contribution is 2.36. The molecule has 0 bridgehead atoms. The fourth-order valence-corrected chi connectivity index (χ4v) is 4.60. The van der Waals surface area contributed by atoms with Crippen molar-refractivity contribution in [3.8, 4) is 0 Å². The number of nitrogens with zero attached hydrogens (tertiary/aromatic N) is 3. The van der Waals surface area contributed by atoms with E-state index in [0.717, 1.165) is 11.3 Å². The molecule has 2 saturated heterocycles. The zero-order chi connectivity index (χ0) is 20.4. The normalized spacial score (nSPS) is 18.9. The van der Waals surface area contributed by atoms with Gasteiger partial charge in [-0.05, 0) is 38.2 Å². The van der Waals surface area contributed by atoms with E-state index in [0.29, 0.717) is 56.9 Å². The Labute approximate surface area is 168 Å². The highest BCUT2D eigenvalue weighted by atomic mass is 35.5. The van der Waals surface area contributed by atoms with Crippen LogP contribution in [0.1, 0.15) is 31.2 Å². The highest BCUT2D eigenvalue weighted by molar-refractivity contribution is 6.33. The maximum Gasteiger partial charge on any atom is 0.271 e. The van der Waals surface area contributed by atoms with Crippen molar-refractivity contribution >= 4 is 34.8 Å². The molecule has 0 saturated carbocycles. The minimum absolute atomic E-state index is 0.0179. The van der Waals surface area contributed by atoms with Gasteiger partial charge in [-0.15, -0.1) is 0 Å². The number of hydrogen-bond acceptors (Lipinski definition) is 5. The van der Waals surface area contributed by atoms with Crippen LogP contribution in [0.15, 0.2) is 12.1 Å². The number of nitrogens with two attached hydrogens (primary N) is 1. The molecule has 28 heavy (non-hydrogen) atoms. The summed E-state index contributed by atoms with van der Waals surface area (Å²) in [5.41, 5.74) is 6.91. The highest BCUT2D eigenvalue weighted by Gasteiger charge is 2.32. The molecule has 2 heterocycles. The van der Waals surface area contributed by atoms with Crippen molar-refractivity contribution < 1.29 is 14.5 Å². The van der Waals surface area contributed by atoms with Crippen LogP contribution in [-0.4, -0.2) is 47.8 Å². The molecule has 1 aromatic carbocycles. The third-order valence-electron chi connectivity index (χ3n) is 5.82. The number of halogens is 1. The second kappa shape index (κ2) is 8.34. The summed E-state index contributed by atoms with van der Waals surface area (Å²) in [6.07, 6.45) is 2.69. The van der Waals surface area contributed by atoms with Gasteiger partial charge >= 0.3 is 0 Å². The Morgan fingerprint density at radius 3 is 2.18 bits per heavy atom. The molecule has 3 rings (SSSR count). The van der Waals surface area contributed by atoms with E-state index in [1.54, 1.807) is 0 Å². The summed E-state index contributed by atoms with van der Waals surface area (Å²) in [5.74, 6) is -0.304. The number of nitro groups is 1. The Morgan fingerprint density at radius 1 is 1.11 bits per heavy atom. The van der Waals surface area contributed by atoms with Gasteiger partial charge in [0.1, 0.15) is 0 Å². The van der Waals surface area contributed by atoms with Gasteiger partial charge in [0.15, 0.2) is 0 Å². The van der Waals surface area contributed by atoms with Crippen molar-refractivity contribution in [1.29, 1.82) is 0 Å². The average molecular weight is 409 g/mol. The largest absolute Gasteiger partial charge is 0.370 e. The number of piperidine rings is 2. The van der Waals surface area contributed by atoms with Crippen LogP contribution in [0.2, 0.25) is 5.02 Å². The van der Waals surface area contributed by atoms with Gasteiger partial charge in [-0.3, -0.25) is 19.7 Å². The summed E-state index contributed by atoms with van der Waals surface area (Å²) in [6, 6.07) is 2.91. The third-order valence-corrected chi connectivity index (χ3v) is 6.11. The predicted molar refractivity (Wildman–Crippen MR) is 106 cm³/mol. The summed E-state index contributed by atoms with van der Waals surface area (Å²) in [7, 11) is 0. The topological polar surface area (TPSA) is 110 Å². The van der Waals surface area contributed by atoms with Gasteiger partial charge in [-0.2, -0.15) is 0 Å². The molecule has 2 aliphatic rings. The van der Waals surface area contributed by atoms with E-state index in [-0.39, 0.29) is 29.3 Å². The molecule has 0 spiro atoms. The number of likely N-dealkylation sites (tertiary alicyclic amines) is 1. The number of benzene rings is 1. The third kappa shape index (κ3) is 4.22. The number of anilines is 1. The summed E-state index contributed by atoms with van der Waals surface area (Å²) >= 11 is 6.31. The van der Waals surface area contributed by atoms with Crippen LogP contribution in [0.3, 0.4) is 0 Å². The SMILES string of the molecule is Cc1cc([N+](=O)[O-])cc(Cl)c1N1CCC(C(=O)N2CCC(C(N)=O)CC2)CC1. The molecule has 2 N–H and O–H groups in total. The predicted octanol–water partition coefficient (Wildman–Crippen LogP) is 2.50. The lowest BCUT2D eigenvalue weighted by atomic mass is 9.91. The average Bonchev–Trinajstić information content (AvgIpc) is 2.67. The minimum Gasteiger partial charge on any atom is -0.370 e. The zero-order valence-corrected chi connectivity index (χ0v) is 16.7. The fourth-order valence-electron chi connectivity index (χ4n) is 4.22. The van der Waals surface area contributed by atoms with Gasteiger partial charge in [-0.25, -0.2) is 0 Å². The summed E-state index contributed by atoms with van der Waals surface area (Å²) in [4.78, 5) is 38.6. The van der Waals surface area contributed by atoms with Gasteiger partial charge in [0.05, 0.1) is 15.6 Å². The van der Waals surface area contributed by atoms with Crippen LogP contribution in [0, 0.1) is 28.9 Å². The van der Waals surface area contributed by atoms with E-state index in [1.807, 2.05) is 11.8 Å².